The Morgan fingerprint density at radius 1 is 0.505 bits per heavy atom. The molecule has 2 spiro atoms. The number of rotatable bonds is 16. The van der Waals surface area contributed by atoms with Crippen molar-refractivity contribution in [1.82, 2.24) is 0 Å². The van der Waals surface area contributed by atoms with Crippen molar-refractivity contribution in [1.29, 1.82) is 0 Å². The van der Waals surface area contributed by atoms with Gasteiger partial charge in [0.2, 0.25) is 5.79 Å². The zero-order chi connectivity index (χ0) is 68.7. The number of esters is 1. The summed E-state index contributed by atoms with van der Waals surface area (Å²) < 4.78 is 85.6. The molecule has 4 aliphatic carbocycles. The van der Waals surface area contributed by atoms with Crippen molar-refractivity contribution in [2.24, 2.45) is 39.4 Å². The molecule has 0 aromatic carbocycles. The van der Waals surface area contributed by atoms with E-state index in [1.807, 2.05) is 6.92 Å². The van der Waals surface area contributed by atoms with Crippen LogP contribution < -0.4 is 0 Å². The standard InChI is InChI=1S/C63H100O32/c1-23-16-63(50(80)24(2)51(81)94-63)95-62(23)15-14-60(6)27-8-9-33-58(4,26(27)10-13-61(60,62)7)12-11-34(59(33,5)22-66)89-53-45(79)42(76)39(73)32(88-53)21-84-55-47(36(70)28(67)19-82-55)92-57-49(93-52-44(78)41(75)35(69)25(3)85-52)46(40(74)31(18-65)87-57)90-56-48(37(71)29(68)20-83-56)91-54-43(77)38(72)30(17-64)86-54/h23-25,28-50,52-57,64-80H,8-22H2,1-7H3/t23-,24-,25-,28-,29+,30-,31+,32-,33-,34-,35-,36-,37-,38-,39+,40-,41+,42+,43+,44+,45+,46-,47+,48+,49-,50+,52+,53+,54+,55-,56+,57+,58+,59+,60-,61+,62-,63-/m0/s1. The maximum Gasteiger partial charge on any atom is 0.314 e. The van der Waals surface area contributed by atoms with Crippen LogP contribution >= 0.6 is 0 Å². The largest absolute Gasteiger partial charge is 0.430 e. The van der Waals surface area contributed by atoms with E-state index in [2.05, 4.69) is 27.7 Å². The second-order valence-corrected chi connectivity index (χ2v) is 29.9. The summed E-state index contributed by atoms with van der Waals surface area (Å²) in [7, 11) is 0. The zero-order valence-electron chi connectivity index (χ0n) is 54.3. The first-order valence-electron chi connectivity index (χ1n) is 33.5. The van der Waals surface area contributed by atoms with Crippen molar-refractivity contribution in [3.05, 3.63) is 11.1 Å². The van der Waals surface area contributed by atoms with Gasteiger partial charge in [-0.1, -0.05) is 45.8 Å². The predicted molar refractivity (Wildman–Crippen MR) is 311 cm³/mol. The third-order valence-electron chi connectivity index (χ3n) is 24.8. The monoisotopic (exact) mass is 1370 g/mol. The van der Waals surface area contributed by atoms with Crippen LogP contribution in [0, 0.1) is 39.4 Å². The molecule has 0 unspecified atom stereocenters. The van der Waals surface area contributed by atoms with Crippen LogP contribution in [-0.2, 0) is 71.1 Å². The molecule has 8 saturated heterocycles. The van der Waals surface area contributed by atoms with Gasteiger partial charge in [-0.25, -0.2) is 0 Å². The highest BCUT2D eigenvalue weighted by atomic mass is 16.8. The average Bonchev–Trinajstić information content (AvgIpc) is 1.53. The number of carbonyl (C=O) groups is 1. The minimum Gasteiger partial charge on any atom is -0.430 e. The van der Waals surface area contributed by atoms with E-state index in [4.69, 9.17) is 66.3 Å². The molecule has 544 valence electrons. The van der Waals surface area contributed by atoms with Crippen molar-refractivity contribution in [3.63, 3.8) is 0 Å². The Kier molecular flexibility index (Phi) is 20.7. The summed E-state index contributed by atoms with van der Waals surface area (Å²) in [6.45, 7) is 9.93. The summed E-state index contributed by atoms with van der Waals surface area (Å²) in [5, 5.41) is 189. The molecular formula is C63H100O32. The minimum atomic E-state index is -2.06. The highest BCUT2D eigenvalue weighted by Gasteiger charge is 2.76. The zero-order valence-corrected chi connectivity index (χ0v) is 54.3. The molecule has 0 aromatic heterocycles. The van der Waals surface area contributed by atoms with Gasteiger partial charge in [-0.05, 0) is 87.9 Å². The fourth-order valence-electron chi connectivity index (χ4n) is 18.8. The number of aliphatic hydroxyl groups excluding tert-OH is 17. The minimum absolute atomic E-state index is 0.0182. The average molecular weight is 1370 g/mol. The lowest BCUT2D eigenvalue weighted by Crippen LogP contribution is -2.68. The van der Waals surface area contributed by atoms with Crippen LogP contribution in [0.25, 0.3) is 0 Å². The van der Waals surface area contributed by atoms with Gasteiger partial charge in [0.1, 0.15) is 128 Å². The Morgan fingerprint density at radius 3 is 1.68 bits per heavy atom. The van der Waals surface area contributed by atoms with Gasteiger partial charge in [-0.2, -0.15) is 0 Å². The molecule has 0 aromatic rings. The van der Waals surface area contributed by atoms with Crippen molar-refractivity contribution >= 4 is 5.97 Å². The van der Waals surface area contributed by atoms with Gasteiger partial charge >= 0.3 is 5.97 Å². The van der Waals surface area contributed by atoms with Crippen LogP contribution in [0.1, 0.15) is 106 Å². The SMILES string of the molecule is C[C@@H]1O[C@H](O[C@@H]2[C@@H](O[C@H]3[C@H](OC[C@@H]4O[C@H](O[C@H]5CC[C@]6(C)C7=C(CC[C@@H]6[C@@]5(C)CO)[C@]5(C)CC[C@@]6(O[C@]8(C[C@@H]6C)OC(=O)[C@@H](C)[C@H]8O)[C@]5(C)CC7)[C@H](O)[C@H](O)[C@@H]4O)OC[C@H](O)[C@@H]3O)O[C@H](CO)[C@H](O)[C@@H]2O[C@H]2OC[C@@H](O)[C@H](O)[C@H]2O[C@H]2O[C@@H](CO)[C@H](O)[C@H]2O)[C@H](O)[C@H](O)[C@H]1O. The lowest BCUT2D eigenvalue weighted by Gasteiger charge is -2.63. The summed E-state index contributed by atoms with van der Waals surface area (Å²) in [4.78, 5) is 12.8. The van der Waals surface area contributed by atoms with Crippen LogP contribution in [0.3, 0.4) is 0 Å². The van der Waals surface area contributed by atoms with Crippen molar-refractivity contribution in [3.8, 4) is 0 Å². The normalized spacial score (nSPS) is 56.4. The van der Waals surface area contributed by atoms with E-state index in [9.17, 15) is 91.6 Å². The molecule has 95 heavy (non-hydrogen) atoms. The van der Waals surface area contributed by atoms with E-state index in [-0.39, 0.29) is 29.3 Å². The van der Waals surface area contributed by atoms with Crippen molar-refractivity contribution in [2.75, 3.05) is 39.6 Å². The number of carbonyl (C=O) groups excluding carboxylic acids is 1. The molecule has 2 saturated carbocycles. The van der Waals surface area contributed by atoms with E-state index in [0.29, 0.717) is 25.7 Å². The van der Waals surface area contributed by atoms with Gasteiger partial charge in [0, 0.05) is 17.3 Å². The maximum absolute atomic E-state index is 12.8. The third kappa shape index (κ3) is 11.7. The molecular weight excluding hydrogens is 1270 g/mol. The molecule has 17 N–H and O–H groups in total. The Morgan fingerprint density at radius 2 is 1.05 bits per heavy atom. The molecule has 0 radical (unpaired) electrons. The third-order valence-corrected chi connectivity index (χ3v) is 24.8. The Balaban J connectivity index is 0.761. The fourth-order valence-corrected chi connectivity index (χ4v) is 18.8. The Hall–Kier alpha value is -1.99. The Bertz CT molecular complexity index is 2740. The number of hydrogen-bond donors (Lipinski definition) is 17. The van der Waals surface area contributed by atoms with Gasteiger partial charge in [0.25, 0.3) is 0 Å². The van der Waals surface area contributed by atoms with Crippen molar-refractivity contribution < 1.29 is 158 Å². The van der Waals surface area contributed by atoms with E-state index in [1.165, 1.54) is 18.1 Å². The van der Waals surface area contributed by atoms with Crippen LogP contribution in [0.2, 0.25) is 0 Å². The number of aliphatic hydroxyl groups is 17. The van der Waals surface area contributed by atoms with Crippen LogP contribution in [0.15, 0.2) is 11.1 Å². The molecule has 8 heterocycles. The molecule has 32 heteroatoms. The summed E-state index contributed by atoms with van der Waals surface area (Å²) in [5.41, 5.74) is 0.0149. The highest BCUT2D eigenvalue weighted by Crippen LogP contribution is 2.76. The number of hydrogen-bond acceptors (Lipinski definition) is 32. The summed E-state index contributed by atoms with van der Waals surface area (Å²) in [5.74, 6) is -2.75. The summed E-state index contributed by atoms with van der Waals surface area (Å²) >= 11 is 0. The van der Waals surface area contributed by atoms with Gasteiger partial charge in [0.15, 0.2) is 37.7 Å². The fraction of sp³-hybridized carbons (Fsp3) is 0.952. The number of fused-ring (bicyclic) bond motifs is 5. The Labute approximate surface area is 548 Å². The highest BCUT2D eigenvalue weighted by molar-refractivity contribution is 5.76. The van der Waals surface area contributed by atoms with Gasteiger partial charge < -0.3 is 153 Å². The van der Waals surface area contributed by atoms with Gasteiger partial charge in [-0.3, -0.25) is 4.79 Å². The summed E-state index contributed by atoms with van der Waals surface area (Å²) in [6, 6.07) is 0. The van der Waals surface area contributed by atoms with Crippen molar-refractivity contribution in [2.45, 2.75) is 296 Å². The molecule has 10 fully saturated rings. The van der Waals surface area contributed by atoms with E-state index in [0.717, 1.165) is 32.1 Å². The number of ether oxygens (including phenoxy) is 14. The van der Waals surface area contributed by atoms with Gasteiger partial charge in [0.05, 0.1) is 63.4 Å². The maximum atomic E-state index is 12.8. The molecule has 8 aliphatic heterocycles. The first kappa shape index (κ1) is 72.8. The molecule has 0 amide bonds. The molecule has 38 atom stereocenters. The topological polar surface area (TPSA) is 490 Å². The second kappa shape index (κ2) is 27.0. The van der Waals surface area contributed by atoms with E-state index < -0.39 is 245 Å². The number of allylic oxidation sites excluding steroid dienone is 2. The second-order valence-electron chi connectivity index (χ2n) is 29.9. The predicted octanol–water partition coefficient (Wildman–Crippen LogP) is -5.61. The molecule has 12 rings (SSSR count). The molecule has 12 aliphatic rings. The lowest BCUT2D eigenvalue weighted by atomic mass is 9.42. The first-order valence-corrected chi connectivity index (χ1v) is 33.5. The lowest BCUT2D eigenvalue weighted by molar-refractivity contribution is -0.407. The first-order chi connectivity index (χ1) is 44.8. The van der Waals surface area contributed by atoms with E-state index in [1.54, 1.807) is 6.92 Å². The smallest absolute Gasteiger partial charge is 0.314 e. The van der Waals surface area contributed by atoms with Gasteiger partial charge in [-0.15, -0.1) is 0 Å². The van der Waals surface area contributed by atoms with Crippen LogP contribution in [-0.4, -0.2) is 322 Å². The molecule has 0 bridgehead atoms. The quantitative estimate of drug-likeness (QED) is 0.0506. The van der Waals surface area contributed by atoms with E-state index >= 15 is 0 Å². The van der Waals surface area contributed by atoms with Crippen LogP contribution in [0.5, 0.6) is 0 Å². The van der Waals surface area contributed by atoms with Crippen LogP contribution in [0.4, 0.5) is 0 Å². The summed E-state index contributed by atoms with van der Waals surface area (Å²) in [6.07, 6.45) is -44.6. The molecule has 32 nitrogen and oxygen atoms in total.